The number of nitrogens with one attached hydrogen (secondary N) is 2. The van der Waals surface area contributed by atoms with Crippen LogP contribution < -0.4 is 5.32 Å². The smallest absolute Gasteiger partial charge is 0.355 e. The molecule has 190 valence electrons. The summed E-state index contributed by atoms with van der Waals surface area (Å²) in [5.74, 6) is -0.340. The normalized spacial score (nSPS) is 19.1. The number of ether oxygens (including phenoxy) is 1. The van der Waals surface area contributed by atoms with E-state index in [-0.39, 0.29) is 23.7 Å². The van der Waals surface area contributed by atoms with Gasteiger partial charge in [0.2, 0.25) is 11.8 Å². The minimum absolute atomic E-state index is 0.0697. The summed E-state index contributed by atoms with van der Waals surface area (Å²) in [7, 11) is 0. The van der Waals surface area contributed by atoms with Crippen LogP contribution in [0.25, 0.3) is 0 Å². The minimum atomic E-state index is -0.360. The van der Waals surface area contributed by atoms with Crippen molar-refractivity contribution in [2.45, 2.75) is 72.1 Å². The van der Waals surface area contributed by atoms with Crippen LogP contribution in [0.4, 0.5) is 0 Å². The van der Waals surface area contributed by atoms with E-state index in [2.05, 4.69) is 15.2 Å². The van der Waals surface area contributed by atoms with Crippen molar-refractivity contribution in [3.8, 4) is 0 Å². The molecule has 0 unspecified atom stereocenters. The van der Waals surface area contributed by atoms with Crippen LogP contribution in [0.5, 0.6) is 0 Å². The number of nitrogens with zero attached hydrogens (tertiary/aromatic N) is 2. The molecule has 0 saturated carbocycles. The fraction of sp³-hybridized carbons (Fsp3) is 0.731. The van der Waals surface area contributed by atoms with Crippen LogP contribution >= 0.6 is 0 Å². The number of carbonyl (C=O) groups is 3. The van der Waals surface area contributed by atoms with Gasteiger partial charge in [0.15, 0.2) is 0 Å². The summed E-state index contributed by atoms with van der Waals surface area (Å²) in [6.07, 6.45) is 7.51. The van der Waals surface area contributed by atoms with Gasteiger partial charge in [0.25, 0.3) is 0 Å². The van der Waals surface area contributed by atoms with Crippen LogP contribution in [0, 0.1) is 19.8 Å². The van der Waals surface area contributed by atoms with E-state index >= 15 is 0 Å². The number of H-pyrrole nitrogens is 1. The predicted molar refractivity (Wildman–Crippen MR) is 132 cm³/mol. The van der Waals surface area contributed by atoms with Crippen molar-refractivity contribution in [2.75, 3.05) is 45.9 Å². The first-order chi connectivity index (χ1) is 16.4. The Kier molecular flexibility index (Phi) is 9.99. The molecule has 2 amide bonds. The van der Waals surface area contributed by atoms with Gasteiger partial charge in [-0.05, 0) is 90.1 Å². The average molecular weight is 475 g/mol. The van der Waals surface area contributed by atoms with Crippen molar-refractivity contribution < 1.29 is 19.1 Å². The zero-order valence-corrected chi connectivity index (χ0v) is 21.2. The SMILES string of the molecule is CCOC(=O)c1[nH]c(C)c(CCC(=O)N2CCC[C@@H](C(=O)NCCCN3CCCCC3)C2)c1C. The van der Waals surface area contributed by atoms with Gasteiger partial charge in [-0.25, -0.2) is 4.79 Å². The highest BCUT2D eigenvalue weighted by Gasteiger charge is 2.28. The third-order valence-electron chi connectivity index (χ3n) is 7.21. The number of aromatic nitrogens is 1. The Morgan fingerprint density at radius 3 is 2.59 bits per heavy atom. The Bertz CT molecular complexity index is 844. The fourth-order valence-corrected chi connectivity index (χ4v) is 5.22. The van der Waals surface area contributed by atoms with Crippen molar-refractivity contribution in [1.29, 1.82) is 0 Å². The molecule has 8 heteroatoms. The van der Waals surface area contributed by atoms with E-state index in [1.54, 1.807) is 6.92 Å². The van der Waals surface area contributed by atoms with Crippen LogP contribution in [0.15, 0.2) is 0 Å². The molecule has 3 rings (SSSR count). The second kappa shape index (κ2) is 12.9. The third-order valence-corrected chi connectivity index (χ3v) is 7.21. The molecule has 2 aliphatic rings. The van der Waals surface area contributed by atoms with Gasteiger partial charge in [0, 0.05) is 31.7 Å². The first kappa shape index (κ1) is 26.3. The Morgan fingerprint density at radius 2 is 1.85 bits per heavy atom. The quantitative estimate of drug-likeness (QED) is 0.402. The second-order valence-corrected chi connectivity index (χ2v) is 9.67. The maximum Gasteiger partial charge on any atom is 0.355 e. The van der Waals surface area contributed by atoms with Crippen LogP contribution in [-0.2, 0) is 20.7 Å². The van der Waals surface area contributed by atoms with E-state index in [0.29, 0.717) is 44.8 Å². The standard InChI is InChI=1S/C26H42N4O4/c1-4-34-26(33)24-19(2)22(20(3)28-24)11-12-23(31)30-17-8-10-21(18-30)25(32)27-13-9-16-29-14-6-5-7-15-29/h21,28H,4-18H2,1-3H3,(H,27,32)/t21-/m1/s1. The molecule has 2 fully saturated rings. The lowest BCUT2D eigenvalue weighted by molar-refractivity contribution is -0.135. The minimum Gasteiger partial charge on any atom is -0.461 e. The topological polar surface area (TPSA) is 94.7 Å². The lowest BCUT2D eigenvalue weighted by Crippen LogP contribution is -2.46. The van der Waals surface area contributed by atoms with E-state index in [9.17, 15) is 14.4 Å². The Hall–Kier alpha value is -2.35. The lowest BCUT2D eigenvalue weighted by Gasteiger charge is -2.32. The molecular weight excluding hydrogens is 432 g/mol. The Balaban J connectivity index is 1.43. The number of esters is 1. The summed E-state index contributed by atoms with van der Waals surface area (Å²) >= 11 is 0. The number of amides is 2. The third kappa shape index (κ3) is 7.08. The van der Waals surface area contributed by atoms with Crippen LogP contribution in [-0.4, -0.2) is 78.4 Å². The van der Waals surface area contributed by atoms with Crippen LogP contribution in [0.2, 0.25) is 0 Å². The zero-order valence-electron chi connectivity index (χ0n) is 21.2. The number of hydrogen-bond acceptors (Lipinski definition) is 5. The molecule has 34 heavy (non-hydrogen) atoms. The maximum atomic E-state index is 12.9. The Morgan fingerprint density at radius 1 is 1.09 bits per heavy atom. The molecule has 8 nitrogen and oxygen atoms in total. The molecule has 0 radical (unpaired) electrons. The zero-order chi connectivity index (χ0) is 24.5. The van der Waals surface area contributed by atoms with Crippen molar-refractivity contribution in [1.82, 2.24) is 20.1 Å². The first-order valence-corrected chi connectivity index (χ1v) is 13.0. The number of piperidine rings is 2. The number of hydrogen-bond donors (Lipinski definition) is 2. The molecule has 0 bridgehead atoms. The van der Waals surface area contributed by atoms with Crippen LogP contribution in [0.3, 0.4) is 0 Å². The van der Waals surface area contributed by atoms with Gasteiger partial charge in [-0.15, -0.1) is 0 Å². The molecule has 0 spiro atoms. The average Bonchev–Trinajstić information content (AvgIpc) is 3.14. The molecule has 0 aromatic carbocycles. The van der Waals surface area contributed by atoms with Crippen molar-refractivity contribution in [2.24, 2.45) is 5.92 Å². The van der Waals surface area contributed by atoms with Crippen LogP contribution in [0.1, 0.15) is 79.2 Å². The molecule has 0 aliphatic carbocycles. The van der Waals surface area contributed by atoms with Crippen molar-refractivity contribution in [3.05, 3.63) is 22.5 Å². The molecule has 2 aliphatic heterocycles. The molecule has 3 heterocycles. The largest absolute Gasteiger partial charge is 0.461 e. The van der Waals surface area contributed by atoms with Gasteiger partial charge in [0.05, 0.1) is 12.5 Å². The highest BCUT2D eigenvalue weighted by atomic mass is 16.5. The monoisotopic (exact) mass is 474 g/mol. The molecule has 1 aromatic rings. The van der Waals surface area contributed by atoms with E-state index in [4.69, 9.17) is 4.74 Å². The predicted octanol–water partition coefficient (Wildman–Crippen LogP) is 2.97. The second-order valence-electron chi connectivity index (χ2n) is 9.67. The number of carbonyl (C=O) groups excluding carboxylic acids is 3. The van der Waals surface area contributed by atoms with E-state index < -0.39 is 0 Å². The first-order valence-electron chi connectivity index (χ1n) is 13.0. The molecule has 1 aromatic heterocycles. The van der Waals surface area contributed by atoms with Gasteiger partial charge in [-0.3, -0.25) is 9.59 Å². The number of aromatic amines is 1. The Labute approximate surface area is 203 Å². The summed E-state index contributed by atoms with van der Waals surface area (Å²) in [5, 5.41) is 3.10. The van der Waals surface area contributed by atoms with Crippen molar-refractivity contribution in [3.63, 3.8) is 0 Å². The number of likely N-dealkylation sites (tertiary alicyclic amines) is 2. The fourth-order valence-electron chi connectivity index (χ4n) is 5.22. The molecule has 2 N–H and O–H groups in total. The number of rotatable bonds is 10. The highest BCUT2D eigenvalue weighted by Crippen LogP contribution is 2.22. The molecule has 1 atom stereocenters. The summed E-state index contributed by atoms with van der Waals surface area (Å²) in [6.45, 7) is 11.2. The number of aryl methyl sites for hydroxylation is 1. The van der Waals surface area contributed by atoms with E-state index in [0.717, 1.165) is 42.6 Å². The molecular formula is C26H42N4O4. The van der Waals surface area contributed by atoms with E-state index in [1.807, 2.05) is 18.7 Å². The summed E-state index contributed by atoms with van der Waals surface area (Å²) in [5.41, 5.74) is 3.21. The van der Waals surface area contributed by atoms with Gasteiger partial charge >= 0.3 is 5.97 Å². The van der Waals surface area contributed by atoms with Gasteiger partial charge in [-0.1, -0.05) is 6.42 Å². The summed E-state index contributed by atoms with van der Waals surface area (Å²) in [4.78, 5) is 45.2. The maximum absolute atomic E-state index is 12.9. The summed E-state index contributed by atoms with van der Waals surface area (Å²) in [6, 6.07) is 0. The van der Waals surface area contributed by atoms with Gasteiger partial charge in [-0.2, -0.15) is 0 Å². The van der Waals surface area contributed by atoms with E-state index in [1.165, 1.54) is 32.4 Å². The van der Waals surface area contributed by atoms with Crippen molar-refractivity contribution >= 4 is 17.8 Å². The lowest BCUT2D eigenvalue weighted by atomic mass is 9.96. The van der Waals surface area contributed by atoms with Gasteiger partial charge < -0.3 is 24.8 Å². The molecule has 2 saturated heterocycles. The highest BCUT2D eigenvalue weighted by molar-refractivity contribution is 5.90. The summed E-state index contributed by atoms with van der Waals surface area (Å²) < 4.78 is 5.11. The van der Waals surface area contributed by atoms with Gasteiger partial charge in [0.1, 0.15) is 5.69 Å².